The molecule has 0 spiro atoms. The maximum Gasteiger partial charge on any atom is 0.252 e. The van der Waals surface area contributed by atoms with Gasteiger partial charge >= 0.3 is 0 Å². The Labute approximate surface area is 199 Å². The minimum Gasteiger partial charge on any atom is -0.381 e. The van der Waals surface area contributed by atoms with Crippen LogP contribution in [-0.4, -0.2) is 44.9 Å². The molecule has 0 saturated heterocycles. The molecule has 2 heterocycles. The van der Waals surface area contributed by atoms with Gasteiger partial charge in [-0.2, -0.15) is 10.4 Å². The zero-order valence-corrected chi connectivity index (χ0v) is 19.7. The Morgan fingerprint density at radius 2 is 1.94 bits per heavy atom. The highest BCUT2D eigenvalue weighted by Crippen LogP contribution is 2.30. The summed E-state index contributed by atoms with van der Waals surface area (Å²) < 4.78 is 7.48. The third kappa shape index (κ3) is 5.41. The number of aromatic nitrogens is 4. The van der Waals surface area contributed by atoms with Crippen LogP contribution in [0, 0.1) is 18.3 Å². The van der Waals surface area contributed by atoms with Gasteiger partial charge in [-0.1, -0.05) is 12.1 Å². The summed E-state index contributed by atoms with van der Waals surface area (Å²) in [6, 6.07) is 8.97. The lowest BCUT2D eigenvalue weighted by molar-refractivity contribution is 0.0568. The van der Waals surface area contributed by atoms with Gasteiger partial charge in [0, 0.05) is 30.6 Å². The zero-order valence-electron chi connectivity index (χ0n) is 19.7. The van der Waals surface area contributed by atoms with Crippen LogP contribution in [0.2, 0.25) is 0 Å². The van der Waals surface area contributed by atoms with Crippen LogP contribution >= 0.6 is 0 Å². The van der Waals surface area contributed by atoms with Crippen molar-refractivity contribution in [3.8, 4) is 17.3 Å². The Morgan fingerprint density at radius 1 is 1.21 bits per heavy atom. The van der Waals surface area contributed by atoms with E-state index in [9.17, 15) is 4.79 Å². The first-order valence-corrected chi connectivity index (χ1v) is 11.5. The molecule has 0 radical (unpaired) electrons. The lowest BCUT2D eigenvalue weighted by Gasteiger charge is -2.27. The van der Waals surface area contributed by atoms with Crippen LogP contribution < -0.4 is 10.6 Å². The summed E-state index contributed by atoms with van der Waals surface area (Å²) in [5, 5.41) is 19.3. The van der Waals surface area contributed by atoms with Gasteiger partial charge in [-0.15, -0.1) is 0 Å². The number of amides is 1. The van der Waals surface area contributed by atoms with E-state index in [1.54, 1.807) is 38.6 Å². The van der Waals surface area contributed by atoms with Gasteiger partial charge in [0.2, 0.25) is 5.95 Å². The number of carbonyl (C=O) groups is 1. The number of hydrogen-bond acceptors (Lipinski definition) is 7. The second-order valence-corrected chi connectivity index (χ2v) is 8.63. The van der Waals surface area contributed by atoms with Crippen LogP contribution in [0.5, 0.6) is 0 Å². The van der Waals surface area contributed by atoms with E-state index in [-0.39, 0.29) is 5.91 Å². The fourth-order valence-electron chi connectivity index (χ4n) is 4.16. The van der Waals surface area contributed by atoms with Crippen LogP contribution in [0.15, 0.2) is 42.9 Å². The first kappa shape index (κ1) is 23.4. The van der Waals surface area contributed by atoms with Crippen molar-refractivity contribution in [3.05, 3.63) is 54.0 Å². The minimum atomic E-state index is -0.547. The number of carbonyl (C=O) groups excluding carboxylic acids is 1. The molecular formula is C25H29N7O2. The molecule has 1 atom stereocenters. The largest absolute Gasteiger partial charge is 0.381 e. The molecule has 2 aromatic heterocycles. The summed E-state index contributed by atoms with van der Waals surface area (Å²) in [6.07, 6.45) is 10.1. The summed E-state index contributed by atoms with van der Waals surface area (Å²) in [5.74, 6) is 0.197. The van der Waals surface area contributed by atoms with Crippen LogP contribution in [0.25, 0.3) is 11.3 Å². The second-order valence-electron chi connectivity index (χ2n) is 8.63. The molecule has 0 bridgehead atoms. The third-order valence-corrected chi connectivity index (χ3v) is 6.14. The third-order valence-electron chi connectivity index (χ3n) is 6.14. The van der Waals surface area contributed by atoms with Crippen molar-refractivity contribution in [1.29, 1.82) is 5.26 Å². The minimum absolute atomic E-state index is 0.282. The highest BCUT2D eigenvalue weighted by molar-refractivity contribution is 5.95. The standard InChI is InChI=1S/C25H29N7O2/c1-16-13-27-25(30-20-14-28-32(15-20)21-8-10-22(34-3)11-9-21)31-23(16)18-4-6-19(7-5-18)24(33)29-17(2)12-26/h4-7,13-15,17,21-22H,8-11H2,1-3H3,(H,29,33)(H,27,30,31)/t17-,21-,22-/m0/s1. The molecule has 0 aliphatic heterocycles. The van der Waals surface area contributed by atoms with E-state index in [4.69, 9.17) is 15.0 Å². The van der Waals surface area contributed by atoms with Crippen molar-refractivity contribution in [1.82, 2.24) is 25.1 Å². The topological polar surface area (TPSA) is 118 Å². The molecule has 4 rings (SSSR count). The molecule has 9 nitrogen and oxygen atoms in total. The molecule has 1 amide bonds. The number of benzene rings is 1. The van der Waals surface area contributed by atoms with Crippen molar-refractivity contribution in [2.45, 2.75) is 57.7 Å². The Morgan fingerprint density at radius 3 is 2.62 bits per heavy atom. The summed E-state index contributed by atoms with van der Waals surface area (Å²) in [6.45, 7) is 3.59. The van der Waals surface area contributed by atoms with Crippen LogP contribution in [0.3, 0.4) is 0 Å². The van der Waals surface area contributed by atoms with Gasteiger partial charge in [0.15, 0.2) is 0 Å². The summed E-state index contributed by atoms with van der Waals surface area (Å²) in [5.41, 5.74) is 3.90. The molecular weight excluding hydrogens is 430 g/mol. The quantitative estimate of drug-likeness (QED) is 0.544. The average molecular weight is 460 g/mol. The Balaban J connectivity index is 1.45. The van der Waals surface area contributed by atoms with E-state index in [0.29, 0.717) is 23.7 Å². The molecule has 1 aliphatic carbocycles. The highest BCUT2D eigenvalue weighted by Gasteiger charge is 2.22. The van der Waals surface area contributed by atoms with Crippen molar-refractivity contribution in [3.63, 3.8) is 0 Å². The van der Waals surface area contributed by atoms with E-state index < -0.39 is 6.04 Å². The lowest BCUT2D eigenvalue weighted by atomic mass is 9.93. The molecule has 3 aromatic rings. The van der Waals surface area contributed by atoms with Crippen LogP contribution in [0.4, 0.5) is 11.6 Å². The molecule has 176 valence electrons. The van der Waals surface area contributed by atoms with Gasteiger partial charge in [-0.05, 0) is 57.2 Å². The van der Waals surface area contributed by atoms with Gasteiger partial charge in [-0.3, -0.25) is 9.48 Å². The van der Waals surface area contributed by atoms with E-state index >= 15 is 0 Å². The Hall–Kier alpha value is -3.77. The normalized spacial score (nSPS) is 18.6. The number of nitriles is 1. The lowest BCUT2D eigenvalue weighted by Crippen LogP contribution is -2.31. The number of nitrogens with one attached hydrogen (secondary N) is 2. The zero-order chi connectivity index (χ0) is 24.1. The molecule has 1 aromatic carbocycles. The maximum atomic E-state index is 12.2. The molecule has 1 aliphatic rings. The first-order valence-electron chi connectivity index (χ1n) is 11.5. The van der Waals surface area contributed by atoms with E-state index in [1.165, 1.54) is 0 Å². The van der Waals surface area contributed by atoms with E-state index in [0.717, 1.165) is 48.2 Å². The Kier molecular flexibility index (Phi) is 7.18. The van der Waals surface area contributed by atoms with Gasteiger partial charge in [0.05, 0.1) is 35.8 Å². The highest BCUT2D eigenvalue weighted by atomic mass is 16.5. The Bertz CT molecular complexity index is 1170. The first-order chi connectivity index (χ1) is 16.5. The van der Waals surface area contributed by atoms with Crippen molar-refractivity contribution < 1.29 is 9.53 Å². The summed E-state index contributed by atoms with van der Waals surface area (Å²) >= 11 is 0. The predicted octanol–water partition coefficient (Wildman–Crippen LogP) is 4.16. The van der Waals surface area contributed by atoms with Gasteiger partial charge < -0.3 is 15.4 Å². The second kappa shape index (κ2) is 10.4. The average Bonchev–Trinajstić information content (AvgIpc) is 3.33. The fourth-order valence-corrected chi connectivity index (χ4v) is 4.16. The van der Waals surface area contributed by atoms with E-state index in [2.05, 4.69) is 20.7 Å². The summed E-state index contributed by atoms with van der Waals surface area (Å²) in [4.78, 5) is 21.3. The number of anilines is 2. The maximum absolute atomic E-state index is 12.2. The number of ether oxygens (including phenoxy) is 1. The predicted molar refractivity (Wildman–Crippen MR) is 129 cm³/mol. The summed E-state index contributed by atoms with van der Waals surface area (Å²) in [7, 11) is 1.78. The van der Waals surface area contributed by atoms with Crippen molar-refractivity contribution in [2.24, 2.45) is 0 Å². The number of aryl methyl sites for hydroxylation is 1. The SMILES string of the molecule is CO[C@H]1CC[C@H](n2cc(Nc3ncc(C)c(-c4ccc(C(=O)N[C@@H](C)C#N)cc4)n3)cn2)CC1. The molecule has 1 saturated carbocycles. The number of methoxy groups -OCH3 is 1. The fraction of sp³-hybridized carbons (Fsp3) is 0.400. The van der Waals surface area contributed by atoms with Gasteiger partial charge in [0.1, 0.15) is 6.04 Å². The number of rotatable bonds is 7. The molecule has 0 unspecified atom stereocenters. The van der Waals surface area contributed by atoms with Crippen LogP contribution in [0.1, 0.15) is 54.6 Å². The molecule has 9 heteroatoms. The number of nitrogens with zero attached hydrogens (tertiary/aromatic N) is 5. The molecule has 2 N–H and O–H groups in total. The van der Waals surface area contributed by atoms with Gasteiger partial charge in [0.25, 0.3) is 5.91 Å². The van der Waals surface area contributed by atoms with Crippen molar-refractivity contribution >= 4 is 17.5 Å². The number of hydrogen-bond donors (Lipinski definition) is 2. The molecule has 34 heavy (non-hydrogen) atoms. The molecule has 1 fully saturated rings. The van der Waals surface area contributed by atoms with Gasteiger partial charge in [-0.25, -0.2) is 9.97 Å². The van der Waals surface area contributed by atoms with Crippen molar-refractivity contribution in [2.75, 3.05) is 12.4 Å². The van der Waals surface area contributed by atoms with Crippen LogP contribution in [-0.2, 0) is 4.74 Å². The smallest absolute Gasteiger partial charge is 0.252 e. The monoisotopic (exact) mass is 459 g/mol. The van der Waals surface area contributed by atoms with E-state index in [1.807, 2.05) is 36.0 Å².